The molecule has 0 spiro atoms. The van der Waals surface area contributed by atoms with E-state index in [0.717, 1.165) is 5.69 Å². The zero-order chi connectivity index (χ0) is 8.43. The molecule has 1 rings (SSSR count). The molecular formula is C8H15N3. The zero-order valence-corrected chi connectivity index (χ0v) is 7.33. The van der Waals surface area contributed by atoms with E-state index >= 15 is 0 Å². The lowest BCUT2D eigenvalue weighted by atomic mass is 10.1. The van der Waals surface area contributed by atoms with E-state index in [-0.39, 0.29) is 0 Å². The predicted octanol–water partition coefficient (Wildman–Crippen LogP) is 0.791. The molecule has 0 saturated carbocycles. The second-order valence-corrected chi connectivity index (χ2v) is 3.01. The van der Waals surface area contributed by atoms with Crippen LogP contribution >= 0.6 is 0 Å². The standard InChI is InChI=1S/C8H15N3/c1-6(4-9)8-7(2)5-11(3)10-8/h5-6H,4,9H2,1-3H3. The highest BCUT2D eigenvalue weighted by molar-refractivity contribution is 5.18. The largest absolute Gasteiger partial charge is 0.330 e. The van der Waals surface area contributed by atoms with Crippen LogP contribution in [0.25, 0.3) is 0 Å². The monoisotopic (exact) mass is 153 g/mol. The van der Waals surface area contributed by atoms with Gasteiger partial charge < -0.3 is 5.73 Å². The summed E-state index contributed by atoms with van der Waals surface area (Å²) in [6.45, 7) is 4.82. The lowest BCUT2D eigenvalue weighted by molar-refractivity contribution is 0.685. The number of rotatable bonds is 2. The summed E-state index contributed by atoms with van der Waals surface area (Å²) in [7, 11) is 1.93. The fraction of sp³-hybridized carbons (Fsp3) is 0.625. The maximum absolute atomic E-state index is 5.53. The number of nitrogens with zero attached hydrogens (tertiary/aromatic N) is 2. The van der Waals surface area contributed by atoms with Crippen LogP contribution in [0.4, 0.5) is 0 Å². The molecule has 0 bridgehead atoms. The van der Waals surface area contributed by atoms with Crippen molar-refractivity contribution in [2.75, 3.05) is 6.54 Å². The molecule has 0 aromatic carbocycles. The van der Waals surface area contributed by atoms with Crippen LogP contribution in [-0.2, 0) is 7.05 Å². The quantitative estimate of drug-likeness (QED) is 0.682. The first-order valence-electron chi connectivity index (χ1n) is 3.85. The second kappa shape index (κ2) is 3.05. The van der Waals surface area contributed by atoms with Crippen molar-refractivity contribution in [3.8, 4) is 0 Å². The summed E-state index contributed by atoms with van der Waals surface area (Å²) in [5.41, 5.74) is 7.88. The van der Waals surface area contributed by atoms with Crippen molar-refractivity contribution in [1.82, 2.24) is 9.78 Å². The molecule has 62 valence electrons. The summed E-state index contributed by atoms with van der Waals surface area (Å²) in [4.78, 5) is 0. The van der Waals surface area contributed by atoms with Gasteiger partial charge in [0.1, 0.15) is 0 Å². The highest BCUT2D eigenvalue weighted by Crippen LogP contribution is 2.14. The van der Waals surface area contributed by atoms with Crippen molar-refractivity contribution >= 4 is 0 Å². The number of nitrogens with two attached hydrogens (primary N) is 1. The lowest BCUT2D eigenvalue weighted by Gasteiger charge is -2.04. The average Bonchev–Trinajstić information content (AvgIpc) is 2.28. The Kier molecular flexibility index (Phi) is 2.29. The van der Waals surface area contributed by atoms with Crippen LogP contribution in [0.15, 0.2) is 6.20 Å². The third-order valence-corrected chi connectivity index (χ3v) is 1.87. The maximum atomic E-state index is 5.53. The SMILES string of the molecule is Cc1cn(C)nc1C(C)CN. The van der Waals surface area contributed by atoms with Gasteiger partial charge in [-0.2, -0.15) is 5.10 Å². The van der Waals surface area contributed by atoms with Crippen molar-refractivity contribution in [2.24, 2.45) is 12.8 Å². The highest BCUT2D eigenvalue weighted by Gasteiger charge is 2.09. The van der Waals surface area contributed by atoms with Crippen LogP contribution in [0, 0.1) is 6.92 Å². The summed E-state index contributed by atoms with van der Waals surface area (Å²) in [6.07, 6.45) is 2.02. The molecule has 0 radical (unpaired) electrons. The zero-order valence-electron chi connectivity index (χ0n) is 7.33. The number of aryl methyl sites for hydroxylation is 2. The Morgan fingerprint density at radius 3 is 2.73 bits per heavy atom. The van der Waals surface area contributed by atoms with Crippen LogP contribution < -0.4 is 5.73 Å². The molecule has 0 aliphatic rings. The maximum Gasteiger partial charge on any atom is 0.0694 e. The predicted molar refractivity (Wildman–Crippen MR) is 45.4 cm³/mol. The minimum absolute atomic E-state index is 0.371. The van der Waals surface area contributed by atoms with E-state index in [1.807, 2.05) is 17.9 Å². The molecule has 1 atom stereocenters. The summed E-state index contributed by atoms with van der Waals surface area (Å²) < 4.78 is 1.83. The summed E-state index contributed by atoms with van der Waals surface area (Å²) in [6, 6.07) is 0. The van der Waals surface area contributed by atoms with Crippen LogP contribution in [0.2, 0.25) is 0 Å². The first kappa shape index (κ1) is 8.27. The Morgan fingerprint density at radius 2 is 2.36 bits per heavy atom. The van der Waals surface area contributed by atoms with Gasteiger partial charge in [-0.25, -0.2) is 0 Å². The topological polar surface area (TPSA) is 43.8 Å². The second-order valence-electron chi connectivity index (χ2n) is 3.01. The Balaban J connectivity index is 2.93. The van der Waals surface area contributed by atoms with Gasteiger partial charge in [0.05, 0.1) is 5.69 Å². The first-order chi connectivity index (χ1) is 5.15. The number of hydrogen-bond donors (Lipinski definition) is 1. The number of hydrogen-bond acceptors (Lipinski definition) is 2. The van der Waals surface area contributed by atoms with Crippen LogP contribution in [0.1, 0.15) is 24.1 Å². The van der Waals surface area contributed by atoms with Crippen molar-refractivity contribution in [2.45, 2.75) is 19.8 Å². The van der Waals surface area contributed by atoms with Crippen LogP contribution in [-0.4, -0.2) is 16.3 Å². The van der Waals surface area contributed by atoms with E-state index in [4.69, 9.17) is 5.73 Å². The Bertz CT molecular complexity index is 239. The molecule has 0 saturated heterocycles. The van der Waals surface area contributed by atoms with E-state index in [0.29, 0.717) is 12.5 Å². The third-order valence-electron chi connectivity index (χ3n) is 1.87. The highest BCUT2D eigenvalue weighted by atomic mass is 15.3. The summed E-state index contributed by atoms with van der Waals surface area (Å²) >= 11 is 0. The first-order valence-corrected chi connectivity index (χ1v) is 3.85. The van der Waals surface area contributed by atoms with E-state index < -0.39 is 0 Å². The van der Waals surface area contributed by atoms with Gasteiger partial charge in [0.15, 0.2) is 0 Å². The molecule has 2 N–H and O–H groups in total. The fourth-order valence-corrected chi connectivity index (χ4v) is 1.22. The molecular weight excluding hydrogens is 138 g/mol. The third kappa shape index (κ3) is 1.60. The smallest absolute Gasteiger partial charge is 0.0694 e. The minimum atomic E-state index is 0.371. The molecule has 1 aromatic heterocycles. The number of aromatic nitrogens is 2. The van der Waals surface area contributed by atoms with Gasteiger partial charge >= 0.3 is 0 Å². The molecule has 11 heavy (non-hydrogen) atoms. The van der Waals surface area contributed by atoms with Crippen molar-refractivity contribution in [3.63, 3.8) is 0 Å². The van der Waals surface area contributed by atoms with Crippen molar-refractivity contribution < 1.29 is 0 Å². The Labute approximate surface area is 67.2 Å². The average molecular weight is 153 g/mol. The molecule has 1 heterocycles. The molecule has 1 aromatic rings. The molecule has 3 nitrogen and oxygen atoms in total. The molecule has 0 aliphatic carbocycles. The Hall–Kier alpha value is -0.830. The molecule has 0 amide bonds. The Morgan fingerprint density at radius 1 is 1.73 bits per heavy atom. The van der Waals surface area contributed by atoms with Gasteiger partial charge in [-0.15, -0.1) is 0 Å². The van der Waals surface area contributed by atoms with Crippen LogP contribution in [0.3, 0.4) is 0 Å². The van der Waals surface area contributed by atoms with Crippen LogP contribution in [0.5, 0.6) is 0 Å². The summed E-state index contributed by atoms with van der Waals surface area (Å²) in [5, 5.41) is 4.32. The lowest BCUT2D eigenvalue weighted by Crippen LogP contribution is -2.10. The van der Waals surface area contributed by atoms with Gasteiger partial charge in [0, 0.05) is 25.7 Å². The molecule has 1 unspecified atom stereocenters. The van der Waals surface area contributed by atoms with Gasteiger partial charge in [0.2, 0.25) is 0 Å². The van der Waals surface area contributed by atoms with Gasteiger partial charge in [0.25, 0.3) is 0 Å². The van der Waals surface area contributed by atoms with E-state index in [1.54, 1.807) is 0 Å². The van der Waals surface area contributed by atoms with Gasteiger partial charge in [-0.05, 0) is 12.5 Å². The normalized spacial score (nSPS) is 13.5. The van der Waals surface area contributed by atoms with Gasteiger partial charge in [-0.1, -0.05) is 6.92 Å². The van der Waals surface area contributed by atoms with Gasteiger partial charge in [-0.3, -0.25) is 4.68 Å². The summed E-state index contributed by atoms with van der Waals surface area (Å²) in [5.74, 6) is 0.371. The molecule has 3 heteroatoms. The molecule has 0 aliphatic heterocycles. The van der Waals surface area contributed by atoms with Crippen molar-refractivity contribution in [1.29, 1.82) is 0 Å². The fourth-order valence-electron chi connectivity index (χ4n) is 1.22. The van der Waals surface area contributed by atoms with E-state index in [2.05, 4.69) is 18.9 Å². The minimum Gasteiger partial charge on any atom is -0.330 e. The van der Waals surface area contributed by atoms with E-state index in [9.17, 15) is 0 Å². The van der Waals surface area contributed by atoms with E-state index in [1.165, 1.54) is 5.56 Å². The van der Waals surface area contributed by atoms with Crippen molar-refractivity contribution in [3.05, 3.63) is 17.5 Å². The molecule has 0 fully saturated rings.